The second-order valence-corrected chi connectivity index (χ2v) is 3.21. The third-order valence-electron chi connectivity index (χ3n) is 1.97. The molecule has 1 aromatic carbocycles. The van der Waals surface area contributed by atoms with E-state index >= 15 is 0 Å². The molecule has 0 saturated carbocycles. The Balaban J connectivity index is 2.44. The molecule has 13 heavy (non-hydrogen) atoms. The van der Waals surface area contributed by atoms with E-state index in [1.54, 1.807) is 0 Å². The Kier molecular flexibility index (Phi) is 4.10. The van der Waals surface area contributed by atoms with Crippen molar-refractivity contribution >= 4 is 11.8 Å². The van der Waals surface area contributed by atoms with Gasteiger partial charge in [0.1, 0.15) is 0 Å². The van der Waals surface area contributed by atoms with E-state index in [4.69, 9.17) is 5.73 Å². The minimum Gasteiger partial charge on any atom is -0.399 e. The van der Waals surface area contributed by atoms with E-state index in [0.29, 0.717) is 0 Å². The summed E-state index contributed by atoms with van der Waals surface area (Å²) in [6.45, 7) is 2.21. The average molecular weight is 175 g/mol. The van der Waals surface area contributed by atoms with Crippen molar-refractivity contribution in [1.82, 2.24) is 0 Å². The Morgan fingerprint density at radius 1 is 1.23 bits per heavy atom. The third kappa shape index (κ3) is 3.79. The molecule has 0 unspecified atom stereocenters. The van der Waals surface area contributed by atoms with Crippen molar-refractivity contribution in [2.45, 2.75) is 26.2 Å². The molecule has 1 heteroatoms. The predicted octanol–water partition coefficient (Wildman–Crippen LogP) is 3.47. The molecule has 70 valence electrons. The van der Waals surface area contributed by atoms with Gasteiger partial charge in [-0.15, -0.1) is 0 Å². The first-order valence-corrected chi connectivity index (χ1v) is 4.85. The lowest BCUT2D eigenvalue weighted by Gasteiger charge is -1.94. The Morgan fingerprint density at radius 3 is 2.54 bits per heavy atom. The number of allylic oxidation sites excluding steroid dienone is 1. The second-order valence-electron chi connectivity index (χ2n) is 3.21. The van der Waals surface area contributed by atoms with Crippen molar-refractivity contribution in [2.24, 2.45) is 0 Å². The first-order valence-electron chi connectivity index (χ1n) is 4.85. The Hall–Kier alpha value is -1.24. The van der Waals surface area contributed by atoms with Crippen LogP contribution in [0.1, 0.15) is 31.7 Å². The molecule has 0 atom stereocenters. The van der Waals surface area contributed by atoms with E-state index in [9.17, 15) is 0 Å². The van der Waals surface area contributed by atoms with Crippen molar-refractivity contribution in [3.8, 4) is 0 Å². The van der Waals surface area contributed by atoms with Crippen molar-refractivity contribution in [2.75, 3.05) is 5.73 Å². The SMILES string of the molecule is CCCC/C=C\c1ccc(N)cc1. The molecule has 2 N–H and O–H groups in total. The smallest absolute Gasteiger partial charge is 0.0314 e. The molecule has 0 aromatic heterocycles. The van der Waals surface area contributed by atoms with E-state index in [-0.39, 0.29) is 0 Å². The van der Waals surface area contributed by atoms with E-state index in [1.807, 2.05) is 24.3 Å². The van der Waals surface area contributed by atoms with Crippen LogP contribution in [-0.2, 0) is 0 Å². The summed E-state index contributed by atoms with van der Waals surface area (Å²) in [4.78, 5) is 0. The molecular formula is C12H17N. The molecule has 1 nitrogen and oxygen atoms in total. The van der Waals surface area contributed by atoms with Gasteiger partial charge in [-0.25, -0.2) is 0 Å². The fourth-order valence-corrected chi connectivity index (χ4v) is 1.15. The van der Waals surface area contributed by atoms with Crippen LogP contribution in [0.4, 0.5) is 5.69 Å². The van der Waals surface area contributed by atoms with Gasteiger partial charge in [-0.05, 0) is 24.1 Å². The number of rotatable bonds is 4. The lowest BCUT2D eigenvalue weighted by atomic mass is 10.1. The molecule has 1 rings (SSSR count). The minimum atomic E-state index is 0.825. The molecule has 0 heterocycles. The highest BCUT2D eigenvalue weighted by atomic mass is 14.5. The summed E-state index contributed by atoms with van der Waals surface area (Å²) in [5.74, 6) is 0. The van der Waals surface area contributed by atoms with Crippen LogP contribution < -0.4 is 5.73 Å². The maximum absolute atomic E-state index is 5.58. The lowest BCUT2D eigenvalue weighted by molar-refractivity contribution is 0.816. The highest BCUT2D eigenvalue weighted by Crippen LogP contribution is 2.08. The van der Waals surface area contributed by atoms with Gasteiger partial charge < -0.3 is 5.73 Å². The fraction of sp³-hybridized carbons (Fsp3) is 0.333. The topological polar surface area (TPSA) is 26.0 Å². The van der Waals surface area contributed by atoms with Crippen LogP contribution in [0.5, 0.6) is 0 Å². The number of anilines is 1. The van der Waals surface area contributed by atoms with Crippen molar-refractivity contribution in [3.05, 3.63) is 35.9 Å². The van der Waals surface area contributed by atoms with E-state index in [1.165, 1.54) is 24.8 Å². The molecule has 0 fully saturated rings. The molecular weight excluding hydrogens is 158 g/mol. The van der Waals surface area contributed by atoms with Gasteiger partial charge in [-0.3, -0.25) is 0 Å². The first kappa shape index (κ1) is 9.85. The molecule has 0 aliphatic carbocycles. The van der Waals surface area contributed by atoms with Crippen LogP contribution in [0.2, 0.25) is 0 Å². The first-order chi connectivity index (χ1) is 6.33. The zero-order valence-electron chi connectivity index (χ0n) is 8.16. The van der Waals surface area contributed by atoms with Crippen LogP contribution in [0, 0.1) is 0 Å². The zero-order chi connectivity index (χ0) is 9.52. The number of benzene rings is 1. The minimum absolute atomic E-state index is 0.825. The van der Waals surface area contributed by atoms with E-state index in [0.717, 1.165) is 5.69 Å². The Labute approximate surface area is 80.3 Å². The van der Waals surface area contributed by atoms with Crippen LogP contribution in [-0.4, -0.2) is 0 Å². The summed E-state index contributed by atoms with van der Waals surface area (Å²) in [7, 11) is 0. The summed E-state index contributed by atoms with van der Waals surface area (Å²) in [5, 5.41) is 0. The van der Waals surface area contributed by atoms with Crippen LogP contribution in [0.3, 0.4) is 0 Å². The Bertz CT molecular complexity index is 259. The Morgan fingerprint density at radius 2 is 1.92 bits per heavy atom. The fourth-order valence-electron chi connectivity index (χ4n) is 1.15. The summed E-state index contributed by atoms with van der Waals surface area (Å²) in [5.41, 5.74) is 7.63. The number of unbranched alkanes of at least 4 members (excludes halogenated alkanes) is 2. The molecule has 0 amide bonds. The average Bonchev–Trinajstić information content (AvgIpc) is 2.15. The van der Waals surface area contributed by atoms with Gasteiger partial charge in [0.2, 0.25) is 0 Å². The van der Waals surface area contributed by atoms with Crippen LogP contribution in [0.15, 0.2) is 30.3 Å². The van der Waals surface area contributed by atoms with Crippen molar-refractivity contribution in [1.29, 1.82) is 0 Å². The standard InChI is InChI=1S/C12H17N/c1-2-3-4-5-6-11-7-9-12(13)10-8-11/h5-10H,2-4,13H2,1H3/b6-5-. The zero-order valence-corrected chi connectivity index (χ0v) is 8.16. The molecule has 0 aliphatic rings. The largest absolute Gasteiger partial charge is 0.399 e. The summed E-state index contributed by atoms with van der Waals surface area (Å²) in [6.07, 6.45) is 8.06. The van der Waals surface area contributed by atoms with E-state index in [2.05, 4.69) is 19.1 Å². The van der Waals surface area contributed by atoms with Gasteiger partial charge in [0.15, 0.2) is 0 Å². The maximum atomic E-state index is 5.58. The van der Waals surface area contributed by atoms with Crippen LogP contribution in [0.25, 0.3) is 6.08 Å². The molecule has 1 aromatic rings. The number of nitrogen functional groups attached to an aromatic ring is 1. The van der Waals surface area contributed by atoms with Crippen molar-refractivity contribution in [3.63, 3.8) is 0 Å². The van der Waals surface area contributed by atoms with Gasteiger partial charge in [0, 0.05) is 5.69 Å². The third-order valence-corrected chi connectivity index (χ3v) is 1.97. The maximum Gasteiger partial charge on any atom is 0.0314 e. The van der Waals surface area contributed by atoms with E-state index < -0.39 is 0 Å². The summed E-state index contributed by atoms with van der Waals surface area (Å²) in [6, 6.07) is 7.94. The second kappa shape index (κ2) is 5.41. The number of nitrogens with two attached hydrogens (primary N) is 1. The number of hydrogen-bond donors (Lipinski definition) is 1. The predicted molar refractivity (Wildman–Crippen MR) is 59.4 cm³/mol. The molecule has 0 radical (unpaired) electrons. The summed E-state index contributed by atoms with van der Waals surface area (Å²) >= 11 is 0. The molecule has 0 saturated heterocycles. The van der Waals surface area contributed by atoms with Gasteiger partial charge >= 0.3 is 0 Å². The molecule has 0 bridgehead atoms. The highest BCUT2D eigenvalue weighted by Gasteiger charge is 1.85. The van der Waals surface area contributed by atoms with Gasteiger partial charge in [0.25, 0.3) is 0 Å². The quantitative estimate of drug-likeness (QED) is 0.550. The van der Waals surface area contributed by atoms with Crippen LogP contribution >= 0.6 is 0 Å². The molecule has 0 spiro atoms. The normalized spacial score (nSPS) is 10.8. The van der Waals surface area contributed by atoms with Gasteiger partial charge in [-0.2, -0.15) is 0 Å². The highest BCUT2D eigenvalue weighted by molar-refractivity contribution is 5.53. The van der Waals surface area contributed by atoms with Gasteiger partial charge in [0.05, 0.1) is 0 Å². The van der Waals surface area contributed by atoms with Crippen molar-refractivity contribution < 1.29 is 0 Å². The van der Waals surface area contributed by atoms with Gasteiger partial charge in [-0.1, -0.05) is 44.1 Å². The monoisotopic (exact) mass is 175 g/mol. The summed E-state index contributed by atoms with van der Waals surface area (Å²) < 4.78 is 0. The molecule has 0 aliphatic heterocycles. The number of hydrogen-bond acceptors (Lipinski definition) is 1. The lowest BCUT2D eigenvalue weighted by Crippen LogP contribution is -1.82.